The maximum absolute atomic E-state index is 11.3. The van der Waals surface area contributed by atoms with E-state index < -0.39 is 34.4 Å². The van der Waals surface area contributed by atoms with Crippen molar-refractivity contribution in [3.05, 3.63) is 29.3 Å². The zero-order valence-corrected chi connectivity index (χ0v) is 13.8. The van der Waals surface area contributed by atoms with Crippen molar-refractivity contribution in [2.75, 3.05) is 6.26 Å². The van der Waals surface area contributed by atoms with Crippen LogP contribution in [-0.2, 0) is 22.9 Å². The fourth-order valence-electron chi connectivity index (χ4n) is 1.92. The van der Waals surface area contributed by atoms with E-state index in [4.69, 9.17) is 10.2 Å². The van der Waals surface area contributed by atoms with Gasteiger partial charge in [-0.2, -0.15) is 26.3 Å². The molecule has 1 aliphatic heterocycles. The lowest BCUT2D eigenvalue weighted by Crippen LogP contribution is -2.41. The third-order valence-electron chi connectivity index (χ3n) is 3.22. The van der Waals surface area contributed by atoms with Crippen molar-refractivity contribution in [3.8, 4) is 0 Å². The van der Waals surface area contributed by atoms with Crippen LogP contribution in [0, 0.1) is 0 Å². The Balaban J connectivity index is 0.000000294. The summed E-state index contributed by atoms with van der Waals surface area (Å²) < 4.78 is 88.5. The zero-order chi connectivity index (χ0) is 20.5. The molecule has 0 saturated carbocycles. The van der Waals surface area contributed by atoms with Crippen molar-refractivity contribution in [1.29, 1.82) is 0 Å². The van der Waals surface area contributed by atoms with Gasteiger partial charge in [-0.1, -0.05) is 6.07 Å². The Morgan fingerprint density at radius 1 is 1.08 bits per heavy atom. The molecule has 0 radical (unpaired) electrons. The van der Waals surface area contributed by atoms with Crippen LogP contribution in [0.3, 0.4) is 0 Å². The van der Waals surface area contributed by atoms with Gasteiger partial charge in [-0.25, -0.2) is 13.2 Å². The first-order chi connectivity index (χ1) is 11.5. The second kappa shape index (κ2) is 7.31. The molecule has 1 aromatic rings. The summed E-state index contributed by atoms with van der Waals surface area (Å²) in [6, 6.07) is 4.74. The molecule has 0 fully saturated rings. The number of alkyl halides is 6. The summed E-state index contributed by atoms with van der Waals surface area (Å²) in [7, 11) is -3.23. The number of nitrogens with zero attached hydrogens (tertiary/aromatic N) is 1. The van der Waals surface area contributed by atoms with Gasteiger partial charge < -0.3 is 10.2 Å². The lowest BCUT2D eigenvalue weighted by molar-refractivity contribution is -0.308. The van der Waals surface area contributed by atoms with E-state index in [1.54, 1.807) is 12.1 Å². The molecule has 0 saturated heterocycles. The average Bonchev–Trinajstić information content (AvgIpc) is 2.87. The van der Waals surface area contributed by atoms with Gasteiger partial charge in [0, 0.05) is 19.3 Å². The molecule has 148 valence electrons. The van der Waals surface area contributed by atoms with Gasteiger partial charge in [0.15, 0.2) is 9.84 Å². The van der Waals surface area contributed by atoms with E-state index in [2.05, 4.69) is 0 Å². The van der Waals surface area contributed by atoms with Gasteiger partial charge in [-0.05, 0) is 23.3 Å². The van der Waals surface area contributed by atoms with Crippen LogP contribution in [0.15, 0.2) is 23.1 Å². The summed E-state index contributed by atoms with van der Waals surface area (Å²) in [5.41, 5.74) is 1.64. The second-order valence-electron chi connectivity index (χ2n) is 5.33. The van der Waals surface area contributed by atoms with Crippen LogP contribution < -0.4 is 0 Å². The molecular weight excluding hydrogens is 396 g/mol. The van der Waals surface area contributed by atoms with E-state index in [1.165, 1.54) is 11.0 Å². The largest absolute Gasteiger partial charge is 0.465 e. The molecule has 2 N–H and O–H groups in total. The number of hydrogen-bond acceptors (Lipinski definition) is 4. The first kappa shape index (κ1) is 22.0. The number of fused-ring (bicyclic) bond motifs is 1. The number of rotatable bonds is 1. The molecular formula is C13H13F6NO5S. The number of carbonyl (C=O) groups is 1. The third-order valence-corrected chi connectivity index (χ3v) is 4.33. The van der Waals surface area contributed by atoms with Crippen molar-refractivity contribution in [3.63, 3.8) is 0 Å². The zero-order valence-electron chi connectivity index (χ0n) is 13.0. The fourth-order valence-corrected chi connectivity index (χ4v) is 2.59. The van der Waals surface area contributed by atoms with Gasteiger partial charge in [0.05, 0.1) is 4.90 Å². The molecule has 0 unspecified atom stereocenters. The molecule has 13 heteroatoms. The van der Waals surface area contributed by atoms with Crippen LogP contribution in [0.5, 0.6) is 0 Å². The van der Waals surface area contributed by atoms with Crippen LogP contribution in [0.2, 0.25) is 0 Å². The van der Waals surface area contributed by atoms with E-state index in [0.717, 1.165) is 17.4 Å². The summed E-state index contributed by atoms with van der Waals surface area (Å²) in [5, 5.41) is 16.3. The summed E-state index contributed by atoms with van der Waals surface area (Å²) in [4.78, 5) is 12.2. The molecule has 26 heavy (non-hydrogen) atoms. The highest BCUT2D eigenvalue weighted by atomic mass is 32.2. The first-order valence-electron chi connectivity index (χ1n) is 6.64. The van der Waals surface area contributed by atoms with Gasteiger partial charge in [0.2, 0.25) is 6.10 Å². The topological polar surface area (TPSA) is 94.9 Å². The second-order valence-corrected chi connectivity index (χ2v) is 7.34. The van der Waals surface area contributed by atoms with E-state index in [0.29, 0.717) is 6.54 Å². The Labute approximate surface area is 143 Å². The lowest BCUT2D eigenvalue weighted by Gasteiger charge is -2.16. The Morgan fingerprint density at radius 2 is 1.54 bits per heavy atom. The highest BCUT2D eigenvalue weighted by molar-refractivity contribution is 7.90. The number of benzene rings is 1. The van der Waals surface area contributed by atoms with Crippen molar-refractivity contribution in [2.45, 2.75) is 36.4 Å². The highest BCUT2D eigenvalue weighted by Crippen LogP contribution is 2.32. The molecule has 0 bridgehead atoms. The summed E-state index contributed by atoms with van der Waals surface area (Å²) in [6.45, 7) is 0.586. The molecule has 6 nitrogen and oxygen atoms in total. The molecule has 0 atom stereocenters. The van der Waals surface area contributed by atoms with Gasteiger partial charge >= 0.3 is 18.4 Å². The smallest absolute Gasteiger partial charge is 0.423 e. The van der Waals surface area contributed by atoms with Crippen LogP contribution in [0.25, 0.3) is 0 Å². The Kier molecular flexibility index (Phi) is 6.19. The third kappa shape index (κ3) is 5.76. The molecule has 1 heterocycles. The molecule has 1 aromatic carbocycles. The van der Waals surface area contributed by atoms with Crippen molar-refractivity contribution in [1.82, 2.24) is 4.90 Å². The predicted octanol–water partition coefficient (Wildman–Crippen LogP) is 2.56. The molecule has 1 amide bonds. The number of aliphatic hydroxyl groups is 1. The number of halogens is 6. The van der Waals surface area contributed by atoms with Gasteiger partial charge in [0.25, 0.3) is 0 Å². The average molecular weight is 409 g/mol. The minimum Gasteiger partial charge on any atom is -0.465 e. The van der Waals surface area contributed by atoms with Gasteiger partial charge in [0.1, 0.15) is 0 Å². The first-order valence-corrected chi connectivity index (χ1v) is 8.54. The fraction of sp³-hybridized carbons (Fsp3) is 0.462. The van der Waals surface area contributed by atoms with E-state index in [-0.39, 0.29) is 11.4 Å². The van der Waals surface area contributed by atoms with Crippen LogP contribution in [0.1, 0.15) is 11.1 Å². The predicted molar refractivity (Wildman–Crippen MR) is 74.9 cm³/mol. The maximum Gasteiger partial charge on any atom is 0.423 e. The quantitative estimate of drug-likeness (QED) is 0.696. The summed E-state index contributed by atoms with van der Waals surface area (Å²) in [5.74, 6) is 0. The van der Waals surface area contributed by atoms with Crippen molar-refractivity contribution >= 4 is 15.9 Å². The maximum atomic E-state index is 11.3. The van der Waals surface area contributed by atoms with E-state index in [9.17, 15) is 39.6 Å². The molecule has 2 rings (SSSR count). The number of aliphatic hydroxyl groups excluding tert-OH is 1. The number of carboxylic acid groups (broad SMARTS) is 1. The molecule has 1 aliphatic rings. The molecule has 0 aromatic heterocycles. The monoisotopic (exact) mass is 409 g/mol. The van der Waals surface area contributed by atoms with Gasteiger partial charge in [-0.15, -0.1) is 0 Å². The summed E-state index contributed by atoms with van der Waals surface area (Å²) in [6.07, 6.45) is -15.3. The minimum atomic E-state index is -5.63. The van der Waals surface area contributed by atoms with Crippen LogP contribution in [-0.4, -0.2) is 54.3 Å². The summed E-state index contributed by atoms with van der Waals surface area (Å²) >= 11 is 0. The molecule has 0 aliphatic carbocycles. The SMILES string of the molecule is CS(=O)(=O)c1ccc2c(c1)CN(C(=O)O)C2.OC(C(F)(F)F)C(F)(F)F. The lowest BCUT2D eigenvalue weighted by atomic mass is 10.1. The number of hydrogen-bond donors (Lipinski definition) is 2. The van der Waals surface area contributed by atoms with Gasteiger partial charge in [-0.3, -0.25) is 4.90 Å². The Morgan fingerprint density at radius 3 is 1.88 bits per heavy atom. The van der Waals surface area contributed by atoms with Crippen molar-refractivity contribution < 1.29 is 49.8 Å². The standard InChI is InChI=1S/C10H11NO4S.C3H2F6O/c1-16(14,15)9-3-2-7-5-11(10(12)13)6-8(7)4-9;4-2(5,6)1(10)3(7,8)9/h2-4H,5-6H2,1H3,(H,12,13);1,10H. The Hall–Kier alpha value is -2.02. The minimum absolute atomic E-state index is 0.235. The normalized spacial score (nSPS) is 14.7. The van der Waals surface area contributed by atoms with E-state index in [1.807, 2.05) is 0 Å². The number of sulfone groups is 1. The molecule has 0 spiro atoms. The van der Waals surface area contributed by atoms with Crippen LogP contribution >= 0.6 is 0 Å². The van der Waals surface area contributed by atoms with Crippen molar-refractivity contribution in [2.24, 2.45) is 0 Å². The van der Waals surface area contributed by atoms with E-state index >= 15 is 0 Å². The Bertz CT molecular complexity index is 760. The highest BCUT2D eigenvalue weighted by Gasteiger charge is 2.55. The van der Waals surface area contributed by atoms with Crippen LogP contribution in [0.4, 0.5) is 31.1 Å². The number of amides is 1.